The Morgan fingerprint density at radius 2 is 1.95 bits per heavy atom. The summed E-state index contributed by atoms with van der Waals surface area (Å²) < 4.78 is 0. The summed E-state index contributed by atoms with van der Waals surface area (Å²) in [5, 5.41) is 1.06. The Morgan fingerprint density at radius 1 is 1.09 bits per heavy atom. The summed E-state index contributed by atoms with van der Waals surface area (Å²) >= 11 is 0. The number of hydrogen-bond donors (Lipinski definition) is 0. The van der Waals surface area contributed by atoms with Gasteiger partial charge in [-0.3, -0.25) is 14.8 Å². The summed E-state index contributed by atoms with van der Waals surface area (Å²) in [5.74, 6) is -0.145. The molecule has 110 valence electrons. The van der Waals surface area contributed by atoms with Crippen molar-refractivity contribution in [2.24, 2.45) is 0 Å². The molecule has 3 aromatic rings. The van der Waals surface area contributed by atoms with Crippen molar-refractivity contribution in [3.05, 3.63) is 65.9 Å². The Balaban J connectivity index is 1.85. The number of nitrogens with zero attached hydrogens (tertiary/aromatic N) is 4. The Bertz CT molecular complexity index is 809. The molecule has 0 saturated heterocycles. The van der Waals surface area contributed by atoms with Gasteiger partial charge in [-0.05, 0) is 24.6 Å². The molecular weight excluding hydrogens is 276 g/mol. The van der Waals surface area contributed by atoms with Gasteiger partial charge in [0.1, 0.15) is 5.69 Å². The number of fused-ring (bicyclic) bond motifs is 1. The third kappa shape index (κ3) is 2.79. The number of carbonyl (C=O) groups excluding carboxylic acids is 1. The third-order valence-corrected chi connectivity index (χ3v) is 3.49. The van der Waals surface area contributed by atoms with E-state index in [0.717, 1.165) is 22.2 Å². The van der Waals surface area contributed by atoms with E-state index in [2.05, 4.69) is 15.0 Å². The molecule has 2 heterocycles. The molecule has 0 N–H and O–H groups in total. The second kappa shape index (κ2) is 5.89. The Kier molecular flexibility index (Phi) is 3.78. The summed E-state index contributed by atoms with van der Waals surface area (Å²) in [6, 6.07) is 9.84. The Morgan fingerprint density at radius 3 is 2.73 bits per heavy atom. The molecule has 0 spiro atoms. The van der Waals surface area contributed by atoms with Crippen LogP contribution in [0.25, 0.3) is 10.9 Å². The van der Waals surface area contributed by atoms with Crippen LogP contribution in [0.2, 0.25) is 0 Å². The number of benzene rings is 1. The van der Waals surface area contributed by atoms with Crippen molar-refractivity contribution in [1.82, 2.24) is 19.9 Å². The van der Waals surface area contributed by atoms with Crippen LogP contribution < -0.4 is 0 Å². The first-order valence-electron chi connectivity index (χ1n) is 7.02. The fourth-order valence-electron chi connectivity index (χ4n) is 2.33. The minimum atomic E-state index is -0.145. The standard InChI is InChI=1S/C17H16N4O/c1-12-9-20-16(10-19-12)17(22)21(2)11-13-5-3-7-15-14(13)6-4-8-18-15/h3-10H,11H2,1-2H3. The lowest BCUT2D eigenvalue weighted by Crippen LogP contribution is -2.27. The van der Waals surface area contributed by atoms with E-state index in [9.17, 15) is 4.79 Å². The summed E-state index contributed by atoms with van der Waals surface area (Å²) in [4.78, 5) is 26.6. The van der Waals surface area contributed by atoms with E-state index >= 15 is 0 Å². The topological polar surface area (TPSA) is 59.0 Å². The van der Waals surface area contributed by atoms with E-state index < -0.39 is 0 Å². The molecule has 3 rings (SSSR count). The molecule has 0 aliphatic heterocycles. The van der Waals surface area contributed by atoms with E-state index in [0.29, 0.717) is 12.2 Å². The Labute approximate surface area is 128 Å². The normalized spacial score (nSPS) is 10.6. The van der Waals surface area contributed by atoms with Crippen LogP contribution in [0, 0.1) is 6.92 Å². The van der Waals surface area contributed by atoms with Crippen LogP contribution in [-0.2, 0) is 6.54 Å². The van der Waals surface area contributed by atoms with Crippen LogP contribution in [0.3, 0.4) is 0 Å². The molecule has 0 aliphatic rings. The molecular formula is C17H16N4O. The van der Waals surface area contributed by atoms with Crippen LogP contribution in [0.1, 0.15) is 21.7 Å². The quantitative estimate of drug-likeness (QED) is 0.744. The van der Waals surface area contributed by atoms with Crippen molar-refractivity contribution in [2.45, 2.75) is 13.5 Å². The third-order valence-electron chi connectivity index (χ3n) is 3.49. The predicted molar refractivity (Wildman–Crippen MR) is 84.3 cm³/mol. The fraction of sp³-hybridized carbons (Fsp3) is 0.176. The van der Waals surface area contributed by atoms with Crippen LogP contribution in [0.5, 0.6) is 0 Å². The molecule has 0 aliphatic carbocycles. The van der Waals surface area contributed by atoms with E-state index in [1.807, 2.05) is 37.3 Å². The van der Waals surface area contributed by atoms with Crippen LogP contribution in [-0.4, -0.2) is 32.8 Å². The smallest absolute Gasteiger partial charge is 0.274 e. The van der Waals surface area contributed by atoms with Crippen LogP contribution in [0.4, 0.5) is 0 Å². The highest BCUT2D eigenvalue weighted by molar-refractivity contribution is 5.92. The molecule has 0 atom stereocenters. The number of pyridine rings is 1. The molecule has 5 nitrogen and oxygen atoms in total. The van der Waals surface area contributed by atoms with Crippen molar-refractivity contribution in [3.63, 3.8) is 0 Å². The lowest BCUT2D eigenvalue weighted by Gasteiger charge is -2.17. The zero-order valence-electron chi connectivity index (χ0n) is 12.5. The molecule has 0 radical (unpaired) electrons. The number of aromatic nitrogens is 3. The second-order valence-electron chi connectivity index (χ2n) is 5.19. The van der Waals surface area contributed by atoms with Crippen molar-refractivity contribution in [1.29, 1.82) is 0 Å². The van der Waals surface area contributed by atoms with Crippen molar-refractivity contribution in [2.75, 3.05) is 7.05 Å². The van der Waals surface area contributed by atoms with Crippen LogP contribution in [0.15, 0.2) is 48.9 Å². The summed E-state index contributed by atoms with van der Waals surface area (Å²) in [7, 11) is 1.76. The van der Waals surface area contributed by atoms with Gasteiger partial charge >= 0.3 is 0 Å². The lowest BCUT2D eigenvalue weighted by atomic mass is 10.1. The molecule has 2 aromatic heterocycles. The maximum Gasteiger partial charge on any atom is 0.274 e. The monoisotopic (exact) mass is 292 g/mol. The fourth-order valence-corrected chi connectivity index (χ4v) is 2.33. The van der Waals surface area contributed by atoms with Crippen molar-refractivity contribution < 1.29 is 4.79 Å². The molecule has 0 fully saturated rings. The predicted octanol–water partition coefficient (Wildman–Crippen LogP) is 2.61. The van der Waals surface area contributed by atoms with Gasteiger partial charge in [0.05, 0.1) is 17.4 Å². The number of rotatable bonds is 3. The van der Waals surface area contributed by atoms with Gasteiger partial charge in [-0.25, -0.2) is 4.98 Å². The number of carbonyl (C=O) groups is 1. The van der Waals surface area contributed by atoms with E-state index in [1.54, 1.807) is 24.3 Å². The zero-order chi connectivity index (χ0) is 15.5. The van der Waals surface area contributed by atoms with E-state index in [4.69, 9.17) is 0 Å². The zero-order valence-corrected chi connectivity index (χ0v) is 12.5. The summed E-state index contributed by atoms with van der Waals surface area (Å²) in [6.45, 7) is 2.34. The van der Waals surface area contributed by atoms with E-state index in [1.165, 1.54) is 6.20 Å². The van der Waals surface area contributed by atoms with Gasteiger partial charge in [-0.15, -0.1) is 0 Å². The molecule has 1 aromatic carbocycles. The first-order valence-corrected chi connectivity index (χ1v) is 7.02. The largest absolute Gasteiger partial charge is 0.336 e. The maximum atomic E-state index is 12.4. The molecule has 0 unspecified atom stereocenters. The minimum absolute atomic E-state index is 0.145. The van der Waals surface area contributed by atoms with Gasteiger partial charge in [0.15, 0.2) is 0 Å². The SMILES string of the molecule is Cc1cnc(C(=O)N(C)Cc2cccc3ncccc23)cn1. The van der Waals surface area contributed by atoms with Crippen molar-refractivity contribution in [3.8, 4) is 0 Å². The maximum absolute atomic E-state index is 12.4. The highest BCUT2D eigenvalue weighted by atomic mass is 16.2. The molecule has 0 bridgehead atoms. The number of aryl methyl sites for hydroxylation is 1. The van der Waals surface area contributed by atoms with Gasteiger partial charge in [-0.2, -0.15) is 0 Å². The van der Waals surface area contributed by atoms with Crippen LogP contribution >= 0.6 is 0 Å². The van der Waals surface area contributed by atoms with Gasteiger partial charge in [0.2, 0.25) is 0 Å². The number of amides is 1. The van der Waals surface area contributed by atoms with Crippen molar-refractivity contribution >= 4 is 16.8 Å². The summed E-state index contributed by atoms with van der Waals surface area (Å²) in [5.41, 5.74) is 3.13. The van der Waals surface area contributed by atoms with Gasteiger partial charge in [-0.1, -0.05) is 18.2 Å². The van der Waals surface area contributed by atoms with Gasteiger partial charge < -0.3 is 4.90 Å². The second-order valence-corrected chi connectivity index (χ2v) is 5.19. The lowest BCUT2D eigenvalue weighted by molar-refractivity contribution is 0.0779. The van der Waals surface area contributed by atoms with Gasteiger partial charge in [0, 0.05) is 31.4 Å². The molecule has 0 saturated carbocycles. The molecule has 5 heteroatoms. The number of hydrogen-bond acceptors (Lipinski definition) is 4. The highest BCUT2D eigenvalue weighted by Gasteiger charge is 2.14. The highest BCUT2D eigenvalue weighted by Crippen LogP contribution is 2.18. The van der Waals surface area contributed by atoms with Gasteiger partial charge in [0.25, 0.3) is 5.91 Å². The Hall–Kier alpha value is -2.82. The molecule has 1 amide bonds. The first kappa shape index (κ1) is 14.1. The van der Waals surface area contributed by atoms with E-state index in [-0.39, 0.29) is 5.91 Å². The average Bonchev–Trinajstić information content (AvgIpc) is 2.55. The first-order chi connectivity index (χ1) is 10.6. The minimum Gasteiger partial charge on any atom is -0.336 e. The molecule has 22 heavy (non-hydrogen) atoms. The average molecular weight is 292 g/mol. The summed E-state index contributed by atoms with van der Waals surface area (Å²) in [6.07, 6.45) is 4.88.